The zero-order chi connectivity index (χ0) is 27.4. The number of nitriles is 1. The molecule has 0 spiro atoms. The van der Waals surface area contributed by atoms with Gasteiger partial charge in [0.25, 0.3) is 5.69 Å². The lowest BCUT2D eigenvalue weighted by atomic mass is 10.3. The third-order valence-corrected chi connectivity index (χ3v) is 7.75. The topological polar surface area (TPSA) is 166 Å². The van der Waals surface area contributed by atoms with Gasteiger partial charge in [-0.15, -0.1) is 0 Å². The number of nitrogens with zero attached hydrogens (tertiary/aromatic N) is 5. The second kappa shape index (κ2) is 10.3. The quantitative estimate of drug-likeness (QED) is 0.233. The number of alkyl halides is 3. The molecule has 0 aliphatic rings. The van der Waals surface area contributed by atoms with E-state index in [-0.39, 0.29) is 22.2 Å². The van der Waals surface area contributed by atoms with Gasteiger partial charge in [0.1, 0.15) is 18.0 Å². The minimum atomic E-state index is -4.73. The van der Waals surface area contributed by atoms with Gasteiger partial charge in [-0.25, -0.2) is 27.0 Å². The van der Waals surface area contributed by atoms with Crippen LogP contribution in [0.1, 0.15) is 5.56 Å². The van der Waals surface area contributed by atoms with E-state index in [2.05, 4.69) is 14.3 Å². The van der Waals surface area contributed by atoms with E-state index in [1.807, 2.05) is 0 Å². The Morgan fingerprint density at radius 2 is 1.76 bits per heavy atom. The second-order valence-corrected chi connectivity index (χ2v) is 11.2. The van der Waals surface area contributed by atoms with E-state index in [9.17, 15) is 41.2 Å². The highest BCUT2D eigenvalue weighted by atomic mass is 32.2. The zero-order valence-corrected chi connectivity index (χ0v) is 20.1. The molecule has 1 aromatic carbocycles. The highest BCUT2D eigenvalue weighted by Gasteiger charge is 2.32. The summed E-state index contributed by atoms with van der Waals surface area (Å²) in [6.45, 7) is 0. The van der Waals surface area contributed by atoms with Crippen molar-refractivity contribution in [3.63, 3.8) is 0 Å². The number of pyridine rings is 2. The van der Waals surface area contributed by atoms with Crippen LogP contribution in [-0.2, 0) is 25.7 Å². The van der Waals surface area contributed by atoms with E-state index >= 15 is 0 Å². The number of ether oxygens (including phenoxy) is 1. The fourth-order valence-electron chi connectivity index (χ4n) is 2.61. The number of halogens is 3. The number of sulfone groups is 1. The predicted molar refractivity (Wildman–Crippen MR) is 122 cm³/mol. The molecule has 37 heavy (non-hydrogen) atoms. The highest BCUT2D eigenvalue weighted by molar-refractivity contribution is 7.95. The predicted octanol–water partition coefficient (Wildman–Crippen LogP) is 4.49. The number of hydrogen-bond donors (Lipinski definition) is 0. The normalized spacial score (nSPS) is 13.8. The molecule has 3 rings (SSSR count). The zero-order valence-electron chi connectivity index (χ0n) is 18.5. The second-order valence-electron chi connectivity index (χ2n) is 7.08. The van der Waals surface area contributed by atoms with Crippen LogP contribution in [0.2, 0.25) is 0 Å². The Balaban J connectivity index is 1.84. The van der Waals surface area contributed by atoms with Crippen LogP contribution in [0.5, 0.6) is 11.6 Å². The molecule has 2 aromatic heterocycles. The molecule has 2 heterocycles. The first-order chi connectivity index (χ1) is 17.2. The summed E-state index contributed by atoms with van der Waals surface area (Å²) in [5.41, 5.74) is -1.40. The van der Waals surface area contributed by atoms with Crippen LogP contribution in [0, 0.1) is 21.4 Å². The molecule has 3 aromatic rings. The van der Waals surface area contributed by atoms with E-state index in [0.29, 0.717) is 24.5 Å². The molecular formula is C21H14F3N5O6S2. The van der Waals surface area contributed by atoms with Gasteiger partial charge < -0.3 is 4.74 Å². The lowest BCUT2D eigenvalue weighted by Crippen LogP contribution is -2.09. The number of nitro groups is 1. The van der Waals surface area contributed by atoms with Gasteiger partial charge in [-0.05, 0) is 36.4 Å². The summed E-state index contributed by atoms with van der Waals surface area (Å²) in [6.07, 6.45) is -1.67. The molecule has 1 atom stereocenters. The molecule has 0 fully saturated rings. The largest absolute Gasteiger partial charge is 0.439 e. The van der Waals surface area contributed by atoms with Gasteiger partial charge >= 0.3 is 6.18 Å². The van der Waals surface area contributed by atoms with Crippen molar-refractivity contribution in [3.05, 3.63) is 87.7 Å². The lowest BCUT2D eigenvalue weighted by molar-refractivity contribution is -0.385. The first-order valence-electron chi connectivity index (χ1n) is 9.72. The molecule has 1 unspecified atom stereocenters. The maximum Gasteiger partial charge on any atom is 0.417 e. The number of hydrogen-bond acceptors (Lipinski definition) is 10. The van der Waals surface area contributed by atoms with Crippen LogP contribution in [-0.4, -0.2) is 33.8 Å². The smallest absolute Gasteiger partial charge is 0.417 e. The molecule has 192 valence electrons. The van der Waals surface area contributed by atoms with Crippen molar-refractivity contribution in [2.24, 2.45) is 4.36 Å². The number of rotatable bonds is 7. The first kappa shape index (κ1) is 27.2. The van der Waals surface area contributed by atoms with Gasteiger partial charge in [0.05, 0.1) is 26.4 Å². The third kappa shape index (κ3) is 6.45. The Kier molecular flexibility index (Phi) is 7.60. The molecule has 0 saturated carbocycles. The molecule has 0 amide bonds. The lowest BCUT2D eigenvalue weighted by Gasteiger charge is -2.08. The minimum Gasteiger partial charge on any atom is -0.439 e. The molecule has 0 aliphatic heterocycles. The Bertz CT molecular complexity index is 1620. The third-order valence-electron chi connectivity index (χ3n) is 4.52. The molecule has 0 bridgehead atoms. The summed E-state index contributed by atoms with van der Waals surface area (Å²) in [7, 11) is -7.91. The van der Waals surface area contributed by atoms with E-state index in [1.165, 1.54) is 48.7 Å². The van der Waals surface area contributed by atoms with E-state index < -0.39 is 46.2 Å². The summed E-state index contributed by atoms with van der Waals surface area (Å²) in [5, 5.41) is 19.1. The van der Waals surface area contributed by atoms with Gasteiger partial charge in [0.2, 0.25) is 15.7 Å². The summed E-state index contributed by atoms with van der Waals surface area (Å²) in [5.74, 6) is 0.300. The van der Waals surface area contributed by atoms with Gasteiger partial charge in [0, 0.05) is 29.5 Å². The Morgan fingerprint density at radius 3 is 2.24 bits per heavy atom. The first-order valence-corrected chi connectivity index (χ1v) is 13.1. The molecule has 0 N–H and O–H groups in total. The van der Waals surface area contributed by atoms with Crippen molar-refractivity contribution in [1.82, 2.24) is 9.97 Å². The molecular weight excluding hydrogens is 539 g/mol. The summed E-state index contributed by atoms with van der Waals surface area (Å²) >= 11 is 0. The van der Waals surface area contributed by atoms with E-state index in [1.54, 1.807) is 0 Å². The van der Waals surface area contributed by atoms with Crippen LogP contribution in [0.3, 0.4) is 0 Å². The maximum atomic E-state index is 13.0. The van der Waals surface area contributed by atoms with Crippen LogP contribution in [0.4, 0.5) is 18.9 Å². The van der Waals surface area contributed by atoms with Gasteiger partial charge in [0.15, 0.2) is 9.93 Å². The standard InChI is InChI=1S/C21H14F3N5O6S2/c1-36(32,17-6-4-16(5-7-17)35-19-8-3-15(12-26-19)29(30)31)28-13-18(10-25)37(33,34)20-9-2-14(11-27-20)21(22,23)24/h2-9,11-13H,1H3/b18-13+. The van der Waals surface area contributed by atoms with Crippen LogP contribution in [0.25, 0.3) is 0 Å². The fraction of sp³-hybridized carbons (Fsp3) is 0.0952. The van der Waals surface area contributed by atoms with Gasteiger partial charge in [-0.2, -0.15) is 18.4 Å². The monoisotopic (exact) mass is 553 g/mol. The summed E-state index contributed by atoms with van der Waals surface area (Å²) in [6, 6.07) is 10.5. The summed E-state index contributed by atoms with van der Waals surface area (Å²) < 4.78 is 85.5. The van der Waals surface area contributed by atoms with Crippen LogP contribution >= 0.6 is 0 Å². The van der Waals surface area contributed by atoms with E-state index in [0.717, 1.165) is 6.20 Å². The van der Waals surface area contributed by atoms with Crippen LogP contribution < -0.4 is 4.74 Å². The van der Waals surface area contributed by atoms with Gasteiger partial charge in [-0.3, -0.25) is 10.1 Å². The maximum absolute atomic E-state index is 13.0. The number of aromatic nitrogens is 2. The fourth-order valence-corrected chi connectivity index (χ4v) is 4.72. The van der Waals surface area contributed by atoms with E-state index in [4.69, 9.17) is 4.74 Å². The minimum absolute atomic E-state index is 0.0592. The van der Waals surface area contributed by atoms with Crippen molar-refractivity contribution in [1.29, 1.82) is 5.26 Å². The molecule has 0 aliphatic carbocycles. The Hall–Kier alpha value is -4.36. The molecule has 0 radical (unpaired) electrons. The van der Waals surface area contributed by atoms with Crippen LogP contribution in [0.15, 0.2) is 86.3 Å². The number of allylic oxidation sites excluding steroid dienone is 1. The summed E-state index contributed by atoms with van der Waals surface area (Å²) in [4.78, 5) is 16.3. The highest BCUT2D eigenvalue weighted by Crippen LogP contribution is 2.29. The SMILES string of the molecule is CS(=O)(=N/C=C(\C#N)S(=O)(=O)c1ccc(C(F)(F)F)cn1)c1ccc(Oc2ccc([N+](=O)[O-])cn2)cc1. The van der Waals surface area contributed by atoms with Gasteiger partial charge in [-0.1, -0.05) is 0 Å². The Morgan fingerprint density at radius 1 is 1.08 bits per heavy atom. The molecule has 16 heteroatoms. The van der Waals surface area contributed by atoms with Crippen molar-refractivity contribution < 1.29 is 35.5 Å². The van der Waals surface area contributed by atoms with Crippen molar-refractivity contribution in [2.75, 3.05) is 6.26 Å². The van der Waals surface area contributed by atoms with Crippen molar-refractivity contribution in [2.45, 2.75) is 16.1 Å². The average Bonchev–Trinajstić information content (AvgIpc) is 2.84. The average molecular weight is 554 g/mol. The molecule has 0 saturated heterocycles. The van der Waals surface area contributed by atoms with Crippen molar-refractivity contribution >= 4 is 25.3 Å². The number of benzene rings is 1. The Labute approximate surface area is 208 Å². The molecule has 11 nitrogen and oxygen atoms in total. The van der Waals surface area contributed by atoms with Crippen molar-refractivity contribution in [3.8, 4) is 17.7 Å².